The Labute approximate surface area is 158 Å². The highest BCUT2D eigenvalue weighted by molar-refractivity contribution is 7.94. The van der Waals surface area contributed by atoms with E-state index in [-0.39, 0.29) is 27.6 Å². The van der Waals surface area contributed by atoms with E-state index in [9.17, 15) is 22.7 Å². The Balaban J connectivity index is 1.71. The number of ether oxygens (including phenoxy) is 1. The lowest BCUT2D eigenvalue weighted by Crippen LogP contribution is -2.12. The van der Waals surface area contributed by atoms with Crippen molar-refractivity contribution in [3.8, 4) is 5.75 Å². The molecule has 3 aromatic rings. The van der Waals surface area contributed by atoms with E-state index in [1.165, 1.54) is 36.4 Å². The second kappa shape index (κ2) is 7.77. The van der Waals surface area contributed by atoms with E-state index in [0.717, 1.165) is 17.4 Å². The van der Waals surface area contributed by atoms with Gasteiger partial charge in [-0.25, -0.2) is 17.6 Å². The zero-order chi connectivity index (χ0) is 19.4. The zero-order valence-corrected chi connectivity index (χ0v) is 15.4. The van der Waals surface area contributed by atoms with E-state index in [1.807, 2.05) is 0 Å². The topological polar surface area (TPSA) is 92.7 Å². The minimum atomic E-state index is -3.77. The van der Waals surface area contributed by atoms with Crippen molar-refractivity contribution in [3.63, 3.8) is 0 Å². The minimum absolute atomic E-state index is 0.0894. The summed E-state index contributed by atoms with van der Waals surface area (Å²) in [6.45, 7) is -0.294. The monoisotopic (exact) mass is 407 g/mol. The molecule has 0 saturated carbocycles. The summed E-state index contributed by atoms with van der Waals surface area (Å²) in [6, 6.07) is 12.5. The summed E-state index contributed by atoms with van der Waals surface area (Å²) in [5, 5.41) is 11.7. The summed E-state index contributed by atoms with van der Waals surface area (Å²) < 4.78 is 45.3. The summed E-state index contributed by atoms with van der Waals surface area (Å²) in [6.07, 6.45) is 0. The number of aromatic hydroxyl groups is 1. The fraction of sp³-hybridized carbons (Fsp3) is 0.0556. The Morgan fingerprint density at radius 2 is 1.93 bits per heavy atom. The molecule has 0 amide bonds. The zero-order valence-electron chi connectivity index (χ0n) is 13.8. The van der Waals surface area contributed by atoms with Gasteiger partial charge < -0.3 is 9.84 Å². The van der Waals surface area contributed by atoms with Crippen LogP contribution in [0.3, 0.4) is 0 Å². The van der Waals surface area contributed by atoms with Gasteiger partial charge >= 0.3 is 5.97 Å². The maximum atomic E-state index is 13.5. The van der Waals surface area contributed by atoms with E-state index < -0.39 is 27.6 Å². The van der Waals surface area contributed by atoms with Crippen LogP contribution in [0.4, 0.5) is 10.1 Å². The smallest absolute Gasteiger partial charge is 0.342 e. The Hall–Kier alpha value is -2.91. The SMILES string of the molecule is O=C(OCc1ccccc1F)c1ccc(NS(=O)(=O)c2cccs2)cc1O. The lowest BCUT2D eigenvalue weighted by atomic mass is 10.2. The number of esters is 1. The van der Waals surface area contributed by atoms with Gasteiger partial charge in [-0.2, -0.15) is 0 Å². The Bertz CT molecular complexity index is 1070. The summed E-state index contributed by atoms with van der Waals surface area (Å²) in [7, 11) is -3.77. The third-order valence-electron chi connectivity index (χ3n) is 3.55. The number of halogens is 1. The van der Waals surface area contributed by atoms with Crippen molar-refractivity contribution >= 4 is 33.0 Å². The van der Waals surface area contributed by atoms with E-state index >= 15 is 0 Å². The molecule has 140 valence electrons. The van der Waals surface area contributed by atoms with Crippen LogP contribution in [0.25, 0.3) is 0 Å². The van der Waals surface area contributed by atoms with Gasteiger partial charge in [0.15, 0.2) is 0 Å². The molecule has 6 nitrogen and oxygen atoms in total. The van der Waals surface area contributed by atoms with Gasteiger partial charge in [-0.1, -0.05) is 24.3 Å². The Morgan fingerprint density at radius 1 is 1.15 bits per heavy atom. The number of sulfonamides is 1. The van der Waals surface area contributed by atoms with Crippen molar-refractivity contribution < 1.29 is 27.4 Å². The number of phenols is 1. The minimum Gasteiger partial charge on any atom is -0.507 e. The van der Waals surface area contributed by atoms with Gasteiger partial charge in [0.1, 0.15) is 27.9 Å². The second-order valence-electron chi connectivity index (χ2n) is 5.44. The van der Waals surface area contributed by atoms with Crippen LogP contribution in [0.1, 0.15) is 15.9 Å². The number of thiophene rings is 1. The summed E-state index contributed by atoms with van der Waals surface area (Å²) >= 11 is 1.05. The Kier molecular flexibility index (Phi) is 5.43. The van der Waals surface area contributed by atoms with Crippen molar-refractivity contribution in [2.75, 3.05) is 4.72 Å². The van der Waals surface area contributed by atoms with Crippen molar-refractivity contribution in [2.45, 2.75) is 10.8 Å². The molecule has 0 atom stereocenters. The quantitative estimate of drug-likeness (QED) is 0.607. The van der Waals surface area contributed by atoms with Crippen LogP contribution in [-0.2, 0) is 21.4 Å². The highest BCUT2D eigenvalue weighted by Crippen LogP contribution is 2.26. The molecule has 0 unspecified atom stereocenters. The third-order valence-corrected chi connectivity index (χ3v) is 6.33. The molecule has 9 heteroatoms. The van der Waals surface area contributed by atoms with Gasteiger partial charge in [0.25, 0.3) is 10.0 Å². The molecule has 1 aromatic heterocycles. The average Bonchev–Trinajstić information content (AvgIpc) is 3.16. The average molecular weight is 407 g/mol. The first-order valence-corrected chi connectivity index (χ1v) is 10.0. The van der Waals surface area contributed by atoms with Crippen LogP contribution < -0.4 is 4.72 Å². The molecule has 0 aliphatic carbocycles. The number of rotatable bonds is 6. The second-order valence-corrected chi connectivity index (χ2v) is 8.29. The van der Waals surface area contributed by atoms with Gasteiger partial charge in [0, 0.05) is 11.6 Å². The summed E-state index contributed by atoms with van der Waals surface area (Å²) in [5.74, 6) is -1.82. The van der Waals surface area contributed by atoms with Gasteiger partial charge in [-0.3, -0.25) is 4.72 Å². The lowest BCUT2D eigenvalue weighted by molar-refractivity contribution is 0.0465. The third kappa shape index (κ3) is 4.44. The molecule has 3 rings (SSSR count). The molecule has 1 heterocycles. The number of benzene rings is 2. The molecule has 0 bridgehead atoms. The van der Waals surface area contributed by atoms with E-state index in [1.54, 1.807) is 17.5 Å². The number of hydrogen-bond acceptors (Lipinski definition) is 6. The van der Waals surface area contributed by atoms with Crippen molar-refractivity contribution in [1.29, 1.82) is 0 Å². The van der Waals surface area contributed by atoms with Crippen LogP contribution in [0, 0.1) is 5.82 Å². The maximum absolute atomic E-state index is 13.5. The van der Waals surface area contributed by atoms with Crippen LogP contribution in [0.2, 0.25) is 0 Å². The molecule has 2 aromatic carbocycles. The molecule has 2 N–H and O–H groups in total. The molecule has 0 aliphatic heterocycles. The maximum Gasteiger partial charge on any atom is 0.342 e. The van der Waals surface area contributed by atoms with Crippen LogP contribution in [0.15, 0.2) is 64.2 Å². The first-order chi connectivity index (χ1) is 12.9. The number of nitrogens with one attached hydrogen (secondary N) is 1. The van der Waals surface area contributed by atoms with E-state index in [2.05, 4.69) is 4.72 Å². The molecule has 27 heavy (non-hydrogen) atoms. The number of hydrogen-bond donors (Lipinski definition) is 2. The lowest BCUT2D eigenvalue weighted by Gasteiger charge is -2.10. The van der Waals surface area contributed by atoms with Gasteiger partial charge in [0.05, 0.1) is 5.69 Å². The van der Waals surface area contributed by atoms with E-state index in [0.29, 0.717) is 0 Å². The van der Waals surface area contributed by atoms with Crippen LogP contribution >= 0.6 is 11.3 Å². The predicted molar refractivity (Wildman–Crippen MR) is 98.8 cm³/mol. The first kappa shape index (κ1) is 18.9. The van der Waals surface area contributed by atoms with Crippen LogP contribution in [-0.4, -0.2) is 19.5 Å². The first-order valence-electron chi connectivity index (χ1n) is 7.67. The number of carbonyl (C=O) groups excluding carboxylic acids is 1. The fourth-order valence-corrected chi connectivity index (χ4v) is 4.27. The normalized spacial score (nSPS) is 11.1. The molecular weight excluding hydrogens is 393 g/mol. The number of anilines is 1. The summed E-state index contributed by atoms with van der Waals surface area (Å²) in [5.41, 5.74) is 0.127. The van der Waals surface area contributed by atoms with Crippen molar-refractivity contribution in [2.24, 2.45) is 0 Å². The molecular formula is C18H14FNO5S2. The highest BCUT2D eigenvalue weighted by Gasteiger charge is 2.18. The summed E-state index contributed by atoms with van der Waals surface area (Å²) in [4.78, 5) is 12.1. The van der Waals surface area contributed by atoms with Gasteiger partial charge in [-0.05, 0) is 29.6 Å². The van der Waals surface area contributed by atoms with Crippen molar-refractivity contribution in [1.82, 2.24) is 0 Å². The molecule has 0 fully saturated rings. The highest BCUT2D eigenvalue weighted by atomic mass is 32.2. The Morgan fingerprint density at radius 3 is 2.59 bits per heavy atom. The molecule has 0 radical (unpaired) electrons. The standard InChI is InChI=1S/C18H14FNO5S2/c19-15-5-2-1-4-12(15)11-25-18(22)14-8-7-13(10-16(14)21)20-27(23,24)17-6-3-9-26-17/h1-10,20-21H,11H2. The fourth-order valence-electron chi connectivity index (χ4n) is 2.23. The number of phenolic OH excluding ortho intramolecular Hbond substituents is 1. The van der Waals surface area contributed by atoms with Crippen LogP contribution in [0.5, 0.6) is 5.75 Å². The van der Waals surface area contributed by atoms with Gasteiger partial charge in [-0.15, -0.1) is 11.3 Å². The molecule has 0 saturated heterocycles. The van der Waals surface area contributed by atoms with Gasteiger partial charge in [0.2, 0.25) is 0 Å². The number of carbonyl (C=O) groups is 1. The largest absolute Gasteiger partial charge is 0.507 e. The molecule has 0 spiro atoms. The van der Waals surface area contributed by atoms with Crippen molar-refractivity contribution in [3.05, 3.63) is 76.9 Å². The van der Waals surface area contributed by atoms with E-state index in [4.69, 9.17) is 4.74 Å². The molecule has 0 aliphatic rings. The predicted octanol–water partition coefficient (Wildman–Crippen LogP) is 3.75.